The van der Waals surface area contributed by atoms with E-state index in [0.29, 0.717) is 34.4 Å². The summed E-state index contributed by atoms with van der Waals surface area (Å²) >= 11 is 12.6. The molecule has 9 rings (SSSR count). The lowest BCUT2D eigenvalue weighted by atomic mass is 9.94. The molecule has 0 N–H and O–H groups in total. The van der Waals surface area contributed by atoms with Gasteiger partial charge in [0.1, 0.15) is 12.4 Å². The van der Waals surface area contributed by atoms with Crippen LogP contribution in [0.25, 0.3) is 0 Å². The Morgan fingerprint density at radius 1 is 0.551 bits per heavy atom. The molecule has 2 aromatic heterocycles. The van der Waals surface area contributed by atoms with Gasteiger partial charge in [0, 0.05) is 130 Å². The van der Waals surface area contributed by atoms with Gasteiger partial charge in [0.2, 0.25) is 11.8 Å². The average Bonchev–Trinajstić information content (AvgIpc) is 3.40. The number of hydrogen-bond donors (Lipinski definition) is 0. The molecule has 4 aliphatic rings. The summed E-state index contributed by atoms with van der Waals surface area (Å²) in [5.41, 5.74) is 5.92. The van der Waals surface area contributed by atoms with Gasteiger partial charge in [0.05, 0.1) is 0 Å². The summed E-state index contributed by atoms with van der Waals surface area (Å²) in [5.74, 6) is 2.48. The second kappa shape index (κ2) is 25.8. The molecule has 0 saturated carbocycles. The van der Waals surface area contributed by atoms with Gasteiger partial charge in [-0.15, -0.1) is 0 Å². The number of amides is 2. The van der Waals surface area contributed by atoms with Crippen molar-refractivity contribution in [2.45, 2.75) is 71.2 Å². The maximum absolute atomic E-state index is 13.3. The maximum Gasteiger partial charge on any atom is 0.225 e. The zero-order chi connectivity index (χ0) is 47.8. The third-order valence-electron chi connectivity index (χ3n) is 14.6. The van der Waals surface area contributed by atoms with E-state index < -0.39 is 0 Å². The highest BCUT2D eigenvalue weighted by Gasteiger charge is 2.32. The van der Waals surface area contributed by atoms with Crippen LogP contribution >= 0.6 is 23.2 Å². The number of aromatic nitrogens is 2. The number of pyridine rings is 2. The number of halogens is 2. The Morgan fingerprint density at radius 3 is 1.54 bits per heavy atom. The lowest BCUT2D eigenvalue weighted by Crippen LogP contribution is -2.51. The van der Waals surface area contributed by atoms with Crippen LogP contribution in [-0.2, 0) is 35.8 Å². The summed E-state index contributed by atoms with van der Waals surface area (Å²) in [7, 11) is 0. The van der Waals surface area contributed by atoms with Crippen LogP contribution in [0.1, 0.15) is 72.8 Å². The molecule has 2 amide bonds. The fraction of sp³-hybridized carbons (Fsp3) is 0.464. The minimum Gasteiger partial charge on any atom is -0.488 e. The SMILES string of the molecule is CC(CCN1CCN(C(=O)C2CCN(Cc3ccncc3)CC2)CC1)c1ccccc1.O=C(C1CCN(Cc2ccncc2)CC1)N1CCN(Cc2ccccc2OCc2c(Cl)cccc2Cl)CC1. The van der Waals surface area contributed by atoms with Gasteiger partial charge in [-0.2, -0.15) is 0 Å². The van der Waals surface area contributed by atoms with Crippen LogP contribution in [0, 0.1) is 11.8 Å². The normalized spacial score (nSPS) is 18.6. The number of carbonyl (C=O) groups is 2. The van der Waals surface area contributed by atoms with Crippen molar-refractivity contribution in [2.24, 2.45) is 11.8 Å². The number of para-hydroxylation sites is 1. The molecule has 0 spiro atoms. The Bertz CT molecular complexity index is 2310. The summed E-state index contributed by atoms with van der Waals surface area (Å²) in [6, 6.07) is 32.7. The molecular weight excluding hydrogens is 904 g/mol. The first kappa shape index (κ1) is 50.5. The average molecular weight is 974 g/mol. The molecule has 0 radical (unpaired) electrons. The molecule has 366 valence electrons. The van der Waals surface area contributed by atoms with E-state index in [-0.39, 0.29) is 11.8 Å². The minimum absolute atomic E-state index is 0.140. The number of hydrogen-bond acceptors (Lipinski definition) is 9. The number of piperazine rings is 2. The summed E-state index contributed by atoms with van der Waals surface area (Å²) < 4.78 is 6.14. The zero-order valence-electron chi connectivity index (χ0n) is 40.4. The van der Waals surface area contributed by atoms with E-state index in [1.54, 1.807) is 0 Å². The summed E-state index contributed by atoms with van der Waals surface area (Å²) in [6.07, 6.45) is 12.4. The molecule has 3 aromatic carbocycles. The predicted molar refractivity (Wildman–Crippen MR) is 276 cm³/mol. The second-order valence-corrected chi connectivity index (χ2v) is 20.1. The Hall–Kier alpha value is -4.88. The van der Waals surface area contributed by atoms with E-state index in [4.69, 9.17) is 27.9 Å². The van der Waals surface area contributed by atoms with Crippen LogP contribution in [-0.4, -0.2) is 136 Å². The van der Waals surface area contributed by atoms with E-state index in [1.165, 1.54) is 23.1 Å². The van der Waals surface area contributed by atoms with Crippen molar-refractivity contribution < 1.29 is 14.3 Å². The molecule has 11 nitrogen and oxygen atoms in total. The monoisotopic (exact) mass is 972 g/mol. The molecular formula is C56H70Cl2N8O3. The van der Waals surface area contributed by atoms with E-state index >= 15 is 0 Å². The number of carbonyl (C=O) groups excluding carboxylic acids is 2. The van der Waals surface area contributed by atoms with Gasteiger partial charge in [-0.3, -0.25) is 39.2 Å². The van der Waals surface area contributed by atoms with Crippen LogP contribution < -0.4 is 4.74 Å². The lowest BCUT2D eigenvalue weighted by molar-refractivity contribution is -0.139. The third kappa shape index (κ3) is 14.8. The molecule has 4 saturated heterocycles. The Labute approximate surface area is 420 Å². The van der Waals surface area contributed by atoms with Crippen molar-refractivity contribution in [2.75, 3.05) is 85.1 Å². The number of likely N-dealkylation sites (tertiary alicyclic amines) is 2. The van der Waals surface area contributed by atoms with E-state index in [1.807, 2.05) is 61.2 Å². The summed E-state index contributed by atoms with van der Waals surface area (Å²) in [4.78, 5) is 48.5. The minimum atomic E-state index is 0.140. The fourth-order valence-electron chi connectivity index (χ4n) is 10.2. The number of piperidine rings is 2. The fourth-order valence-corrected chi connectivity index (χ4v) is 10.7. The Kier molecular flexibility index (Phi) is 18.9. The maximum atomic E-state index is 13.3. The molecule has 4 aliphatic heterocycles. The Balaban J connectivity index is 0.000000190. The van der Waals surface area contributed by atoms with Gasteiger partial charge < -0.3 is 14.5 Å². The first-order chi connectivity index (χ1) is 33.8. The van der Waals surface area contributed by atoms with Crippen LogP contribution in [0.2, 0.25) is 10.0 Å². The highest BCUT2D eigenvalue weighted by Crippen LogP contribution is 2.29. The van der Waals surface area contributed by atoms with Crippen molar-refractivity contribution in [1.82, 2.24) is 39.4 Å². The standard InChI is InChI=1S/C30H34Cl2N4O2.C26H36N4O/c31-27-5-3-6-28(32)26(27)22-38-29-7-2-1-4-25(29)21-35-16-18-36(19-17-35)30(37)24-10-14-34(15-11-24)20-23-8-12-33-13-9-23;1-22(24-5-3-2-4-6-24)9-14-28-17-19-30(20-18-28)26(31)25-10-15-29(16-11-25)21-23-7-12-27-13-8-23/h1-9,12-13,24H,10-11,14-22H2;2-8,12-13,22,25H,9-11,14-21H2,1H3. The van der Waals surface area contributed by atoms with Crippen molar-refractivity contribution in [3.8, 4) is 5.75 Å². The zero-order valence-corrected chi connectivity index (χ0v) is 41.9. The van der Waals surface area contributed by atoms with E-state index in [0.717, 1.165) is 147 Å². The number of nitrogens with zero attached hydrogens (tertiary/aromatic N) is 8. The predicted octanol–water partition coefficient (Wildman–Crippen LogP) is 9.16. The molecule has 1 unspecified atom stereocenters. The number of ether oxygens (including phenoxy) is 1. The van der Waals surface area contributed by atoms with Gasteiger partial charge in [0.15, 0.2) is 0 Å². The molecule has 13 heteroatoms. The van der Waals surface area contributed by atoms with Crippen molar-refractivity contribution in [1.29, 1.82) is 0 Å². The number of benzene rings is 3. The van der Waals surface area contributed by atoms with Crippen molar-refractivity contribution in [3.63, 3.8) is 0 Å². The molecule has 0 bridgehead atoms. The first-order valence-corrected chi connectivity index (χ1v) is 25.9. The summed E-state index contributed by atoms with van der Waals surface area (Å²) in [6.45, 7) is 17.4. The van der Waals surface area contributed by atoms with Crippen LogP contribution in [0.5, 0.6) is 5.75 Å². The van der Waals surface area contributed by atoms with Crippen LogP contribution in [0.3, 0.4) is 0 Å². The van der Waals surface area contributed by atoms with Gasteiger partial charge in [-0.1, -0.05) is 84.7 Å². The van der Waals surface area contributed by atoms with Gasteiger partial charge in [-0.25, -0.2) is 0 Å². The summed E-state index contributed by atoms with van der Waals surface area (Å²) in [5, 5.41) is 1.21. The van der Waals surface area contributed by atoms with Crippen LogP contribution in [0.4, 0.5) is 0 Å². The molecule has 69 heavy (non-hydrogen) atoms. The van der Waals surface area contributed by atoms with Crippen molar-refractivity contribution in [3.05, 3.63) is 160 Å². The molecule has 6 heterocycles. The smallest absolute Gasteiger partial charge is 0.225 e. The molecule has 4 fully saturated rings. The van der Waals surface area contributed by atoms with E-state index in [2.05, 4.69) is 107 Å². The lowest BCUT2D eigenvalue weighted by Gasteiger charge is -2.38. The van der Waals surface area contributed by atoms with Gasteiger partial charge in [-0.05, 0) is 130 Å². The number of rotatable bonds is 15. The van der Waals surface area contributed by atoms with E-state index in [9.17, 15) is 9.59 Å². The second-order valence-electron chi connectivity index (χ2n) is 19.3. The molecule has 1 atom stereocenters. The van der Waals surface area contributed by atoms with Crippen LogP contribution in [0.15, 0.2) is 122 Å². The molecule has 0 aliphatic carbocycles. The molecule has 5 aromatic rings. The first-order valence-electron chi connectivity index (χ1n) is 25.2. The quantitative estimate of drug-likeness (QED) is 0.102. The van der Waals surface area contributed by atoms with Gasteiger partial charge >= 0.3 is 0 Å². The highest BCUT2D eigenvalue weighted by atomic mass is 35.5. The highest BCUT2D eigenvalue weighted by molar-refractivity contribution is 6.35. The third-order valence-corrected chi connectivity index (χ3v) is 15.3. The van der Waals surface area contributed by atoms with Crippen molar-refractivity contribution >= 4 is 35.0 Å². The largest absolute Gasteiger partial charge is 0.488 e. The topological polar surface area (TPSA) is 88.6 Å². The van der Waals surface area contributed by atoms with Gasteiger partial charge in [0.25, 0.3) is 0 Å². The Morgan fingerprint density at radius 2 is 1.01 bits per heavy atom.